The van der Waals surface area contributed by atoms with Gasteiger partial charge < -0.3 is 24.7 Å². The van der Waals surface area contributed by atoms with Gasteiger partial charge in [0, 0.05) is 46.7 Å². The molecule has 2 aliphatic rings. The smallest absolute Gasteiger partial charge is 0.412 e. The summed E-state index contributed by atoms with van der Waals surface area (Å²) in [5, 5.41) is 3.79. The molecule has 0 atom stereocenters. The largest absolute Gasteiger partial charge is 0.462 e. The van der Waals surface area contributed by atoms with E-state index >= 15 is 0 Å². The number of H-pyrrole nitrogens is 1. The van der Waals surface area contributed by atoms with E-state index in [-0.39, 0.29) is 30.7 Å². The lowest BCUT2D eigenvalue weighted by atomic mass is 9.81. The van der Waals surface area contributed by atoms with Crippen LogP contribution >= 0.6 is 0 Å². The number of nitrogens with zero attached hydrogens (tertiary/aromatic N) is 1. The average Bonchev–Trinajstić information content (AvgIpc) is 3.25. The summed E-state index contributed by atoms with van der Waals surface area (Å²) in [6, 6.07) is 10.8. The van der Waals surface area contributed by atoms with Crippen LogP contribution in [0.1, 0.15) is 74.5 Å². The molecule has 2 N–H and O–H groups in total. The minimum atomic E-state index is -0.602. The number of fused-ring (bicyclic) bond motifs is 3. The van der Waals surface area contributed by atoms with Crippen molar-refractivity contribution < 1.29 is 28.2 Å². The Morgan fingerprint density at radius 2 is 1.80 bits per heavy atom. The van der Waals surface area contributed by atoms with E-state index in [1.165, 1.54) is 41.8 Å². The number of rotatable bonds is 5. The minimum absolute atomic E-state index is 0.130. The molecule has 0 saturated heterocycles. The molecule has 2 heterocycles. The second kappa shape index (κ2) is 11.2. The standard InChI is InChI=1S/C31H34FN3O5/c1-4-39-29(37)24-17-35(28(36)19-10-12-20(32)13-11-19)18-31(2,3)26-23-15-14-22(16-25(23)34-27(24)26)40-30(38)33-21-8-6-5-7-9-21/h10-17,21,34H,4-9,18H2,1-3H3,(H,33,38). The Labute approximate surface area is 232 Å². The highest BCUT2D eigenvalue weighted by atomic mass is 19.1. The van der Waals surface area contributed by atoms with E-state index in [0.717, 1.165) is 36.6 Å². The maximum absolute atomic E-state index is 13.5. The first-order valence-electron chi connectivity index (χ1n) is 13.8. The van der Waals surface area contributed by atoms with Gasteiger partial charge in [0.2, 0.25) is 0 Å². The predicted octanol–water partition coefficient (Wildman–Crippen LogP) is 6.07. The van der Waals surface area contributed by atoms with Gasteiger partial charge in [-0.05, 0) is 61.7 Å². The lowest BCUT2D eigenvalue weighted by molar-refractivity contribution is -0.136. The van der Waals surface area contributed by atoms with Gasteiger partial charge in [-0.3, -0.25) is 4.79 Å². The van der Waals surface area contributed by atoms with Gasteiger partial charge in [-0.2, -0.15) is 0 Å². The lowest BCUT2D eigenvalue weighted by Gasteiger charge is -2.29. The summed E-state index contributed by atoms with van der Waals surface area (Å²) in [7, 11) is 0. The molecule has 40 heavy (non-hydrogen) atoms. The van der Waals surface area contributed by atoms with E-state index in [4.69, 9.17) is 9.47 Å². The monoisotopic (exact) mass is 547 g/mol. The molecule has 210 valence electrons. The van der Waals surface area contributed by atoms with Crippen molar-refractivity contribution in [3.05, 3.63) is 71.3 Å². The third-order valence-corrected chi connectivity index (χ3v) is 7.55. The van der Waals surface area contributed by atoms with Gasteiger partial charge in [-0.1, -0.05) is 33.1 Å². The zero-order valence-electron chi connectivity index (χ0n) is 23.0. The fraction of sp³-hybridized carbons (Fsp3) is 0.387. The van der Waals surface area contributed by atoms with Gasteiger partial charge in [0.1, 0.15) is 11.6 Å². The van der Waals surface area contributed by atoms with E-state index < -0.39 is 23.3 Å². The van der Waals surface area contributed by atoms with Crippen molar-refractivity contribution in [1.82, 2.24) is 15.2 Å². The minimum Gasteiger partial charge on any atom is -0.462 e. The normalized spacial score (nSPS) is 17.0. The van der Waals surface area contributed by atoms with E-state index in [0.29, 0.717) is 22.5 Å². The number of amides is 2. The van der Waals surface area contributed by atoms with Crippen LogP contribution in [0, 0.1) is 5.82 Å². The molecular weight excluding hydrogens is 513 g/mol. The van der Waals surface area contributed by atoms with Crippen LogP contribution in [0.25, 0.3) is 16.5 Å². The van der Waals surface area contributed by atoms with Crippen molar-refractivity contribution in [3.8, 4) is 5.75 Å². The number of carbonyl (C=O) groups excluding carboxylic acids is 3. The second-order valence-corrected chi connectivity index (χ2v) is 11.0. The van der Waals surface area contributed by atoms with Crippen LogP contribution in [0.3, 0.4) is 0 Å². The maximum atomic E-state index is 13.5. The molecule has 2 amide bonds. The van der Waals surface area contributed by atoms with E-state index in [1.807, 2.05) is 19.9 Å². The van der Waals surface area contributed by atoms with E-state index in [1.54, 1.807) is 19.1 Å². The number of aromatic amines is 1. The summed E-state index contributed by atoms with van der Waals surface area (Å²) in [5.41, 5.74) is 1.97. The molecular formula is C31H34FN3O5. The fourth-order valence-corrected chi connectivity index (χ4v) is 5.72. The Balaban J connectivity index is 1.50. The molecule has 8 nitrogen and oxygen atoms in total. The Kier molecular flexibility index (Phi) is 7.65. The number of hydrogen-bond donors (Lipinski definition) is 2. The second-order valence-electron chi connectivity index (χ2n) is 11.0. The third-order valence-electron chi connectivity index (χ3n) is 7.55. The zero-order valence-corrected chi connectivity index (χ0v) is 23.0. The molecule has 5 rings (SSSR count). The van der Waals surface area contributed by atoms with Crippen molar-refractivity contribution in [3.63, 3.8) is 0 Å². The number of halogens is 1. The van der Waals surface area contributed by atoms with Gasteiger partial charge >= 0.3 is 12.1 Å². The molecule has 2 aromatic carbocycles. The molecule has 0 radical (unpaired) electrons. The first kappa shape index (κ1) is 27.4. The Bertz CT molecular complexity index is 1470. The van der Waals surface area contributed by atoms with Crippen LogP contribution in [0.15, 0.2) is 48.7 Å². The SMILES string of the molecule is CCOC(=O)C1=CN(C(=O)c2ccc(F)cc2)CC(C)(C)c2c1[nH]c1cc(OC(=O)NC3CCCCC3)ccc21. The summed E-state index contributed by atoms with van der Waals surface area (Å²) >= 11 is 0. The number of carbonyl (C=O) groups is 3. The van der Waals surface area contributed by atoms with Crippen LogP contribution < -0.4 is 10.1 Å². The average molecular weight is 548 g/mol. The topological polar surface area (TPSA) is 101 Å². The summed E-state index contributed by atoms with van der Waals surface area (Å²) in [6.07, 6.45) is 6.32. The first-order chi connectivity index (χ1) is 19.2. The number of nitrogens with one attached hydrogen (secondary N) is 2. The van der Waals surface area contributed by atoms with Crippen molar-refractivity contribution in [2.24, 2.45) is 0 Å². The number of esters is 1. The van der Waals surface area contributed by atoms with Crippen molar-refractivity contribution in [1.29, 1.82) is 0 Å². The van der Waals surface area contributed by atoms with Crippen LogP contribution in [-0.4, -0.2) is 47.0 Å². The molecule has 1 aromatic heterocycles. The number of hydrogen-bond acceptors (Lipinski definition) is 5. The Morgan fingerprint density at radius 3 is 2.50 bits per heavy atom. The molecule has 0 unspecified atom stereocenters. The van der Waals surface area contributed by atoms with Gasteiger partial charge in [-0.25, -0.2) is 14.0 Å². The summed E-state index contributed by atoms with van der Waals surface area (Å²) < 4.78 is 24.4. The van der Waals surface area contributed by atoms with Crippen molar-refractivity contribution in [2.45, 2.75) is 64.3 Å². The summed E-state index contributed by atoms with van der Waals surface area (Å²) in [4.78, 5) is 44.0. The van der Waals surface area contributed by atoms with Gasteiger partial charge in [0.15, 0.2) is 0 Å². The maximum Gasteiger partial charge on any atom is 0.412 e. The summed E-state index contributed by atoms with van der Waals surface area (Å²) in [5.74, 6) is -0.992. The predicted molar refractivity (Wildman–Crippen MR) is 149 cm³/mol. The van der Waals surface area contributed by atoms with Crippen LogP contribution in [0.2, 0.25) is 0 Å². The van der Waals surface area contributed by atoms with Gasteiger partial charge in [-0.15, -0.1) is 0 Å². The highest BCUT2D eigenvalue weighted by Crippen LogP contribution is 2.41. The zero-order chi connectivity index (χ0) is 28.4. The molecule has 1 aliphatic carbocycles. The number of ether oxygens (including phenoxy) is 2. The summed E-state index contributed by atoms with van der Waals surface area (Å²) in [6.45, 7) is 6.12. The quantitative estimate of drug-likeness (QED) is 0.378. The van der Waals surface area contributed by atoms with E-state index in [2.05, 4.69) is 10.3 Å². The Morgan fingerprint density at radius 1 is 1.07 bits per heavy atom. The van der Waals surface area contributed by atoms with Crippen LogP contribution in [0.5, 0.6) is 5.75 Å². The highest BCUT2D eigenvalue weighted by Gasteiger charge is 2.37. The highest BCUT2D eigenvalue weighted by molar-refractivity contribution is 6.18. The number of aromatic nitrogens is 1. The van der Waals surface area contributed by atoms with Gasteiger partial charge in [0.05, 0.1) is 17.9 Å². The third kappa shape index (κ3) is 5.59. The molecule has 0 bridgehead atoms. The lowest BCUT2D eigenvalue weighted by Crippen LogP contribution is -2.38. The fourth-order valence-electron chi connectivity index (χ4n) is 5.72. The number of benzene rings is 2. The molecule has 9 heteroatoms. The van der Waals surface area contributed by atoms with Crippen LogP contribution in [-0.2, 0) is 14.9 Å². The molecule has 1 aliphatic heterocycles. The van der Waals surface area contributed by atoms with Crippen molar-refractivity contribution >= 4 is 34.4 Å². The molecule has 1 saturated carbocycles. The van der Waals surface area contributed by atoms with Crippen molar-refractivity contribution in [2.75, 3.05) is 13.2 Å². The van der Waals surface area contributed by atoms with Crippen LogP contribution in [0.4, 0.5) is 9.18 Å². The molecule has 3 aromatic rings. The molecule has 1 fully saturated rings. The molecule has 0 spiro atoms. The Hall–Kier alpha value is -4.14. The first-order valence-corrected chi connectivity index (χ1v) is 13.8. The van der Waals surface area contributed by atoms with Gasteiger partial charge in [0.25, 0.3) is 5.91 Å². The van der Waals surface area contributed by atoms with E-state index in [9.17, 15) is 18.8 Å².